The summed E-state index contributed by atoms with van der Waals surface area (Å²) in [6.07, 6.45) is 0.933. The first-order valence-corrected chi connectivity index (χ1v) is 9.86. The highest BCUT2D eigenvalue weighted by Gasteiger charge is 2.32. The third kappa shape index (κ3) is 3.87. The fourth-order valence-electron chi connectivity index (χ4n) is 3.38. The largest absolute Gasteiger partial charge is 0.433 e. The lowest BCUT2D eigenvalue weighted by atomic mass is 9.99. The number of rotatable bonds is 4. The molecule has 0 saturated carbocycles. The maximum absolute atomic E-state index is 12.9. The van der Waals surface area contributed by atoms with Crippen LogP contribution in [0.3, 0.4) is 0 Å². The molecule has 0 saturated heterocycles. The molecule has 0 spiro atoms. The highest BCUT2D eigenvalue weighted by atomic mass is 35.5. The number of alkyl halides is 3. The second-order valence-electron chi connectivity index (χ2n) is 7.08. The third-order valence-corrected chi connectivity index (χ3v) is 5.19. The van der Waals surface area contributed by atoms with E-state index in [2.05, 4.69) is 20.3 Å². The zero-order valence-corrected chi connectivity index (χ0v) is 17.2. The van der Waals surface area contributed by atoms with Gasteiger partial charge < -0.3 is 4.52 Å². The molecule has 12 heteroatoms. The average Bonchev–Trinajstić information content (AvgIpc) is 3.42. The quantitative estimate of drug-likeness (QED) is 0.387. The first-order chi connectivity index (χ1) is 15.8. The van der Waals surface area contributed by atoms with E-state index >= 15 is 0 Å². The number of aromatic nitrogens is 6. The van der Waals surface area contributed by atoms with Gasteiger partial charge in [-0.2, -0.15) is 22.8 Å². The van der Waals surface area contributed by atoms with Crippen molar-refractivity contribution < 1.29 is 17.7 Å². The van der Waals surface area contributed by atoms with Crippen molar-refractivity contribution in [3.8, 4) is 22.3 Å². The molecule has 0 aliphatic heterocycles. The maximum atomic E-state index is 12.9. The van der Waals surface area contributed by atoms with E-state index in [9.17, 15) is 18.0 Å². The van der Waals surface area contributed by atoms with Gasteiger partial charge in [0.25, 0.3) is 0 Å². The molecule has 0 N–H and O–H groups in total. The summed E-state index contributed by atoms with van der Waals surface area (Å²) in [4.78, 5) is 16.3. The topological polar surface area (TPSA) is 91.1 Å². The molecule has 8 nitrogen and oxygen atoms in total. The summed E-state index contributed by atoms with van der Waals surface area (Å²) in [7, 11) is 0. The smallest absolute Gasteiger partial charge is 0.364 e. The van der Waals surface area contributed by atoms with Gasteiger partial charge in [-0.15, -0.1) is 5.10 Å². The van der Waals surface area contributed by atoms with E-state index in [1.54, 1.807) is 24.3 Å². The summed E-state index contributed by atoms with van der Waals surface area (Å²) in [5, 5.41) is 12.9. The SMILES string of the molecule is O=c1n(Cc2ccc(C(F)(F)F)nc2)nc2c(-c3cnoc3)c(-c3ccc(Cl)cc3)cnn12. The lowest BCUT2D eigenvalue weighted by Gasteiger charge is -2.08. The normalized spacial score (nSPS) is 11.9. The molecule has 0 fully saturated rings. The first kappa shape index (κ1) is 20.9. The Hall–Kier alpha value is -3.99. The number of nitrogens with zero attached hydrogens (tertiary/aromatic N) is 6. The monoisotopic (exact) mass is 472 g/mol. The van der Waals surface area contributed by atoms with Crippen LogP contribution in [0.1, 0.15) is 11.3 Å². The van der Waals surface area contributed by atoms with Gasteiger partial charge >= 0.3 is 11.9 Å². The van der Waals surface area contributed by atoms with Crippen molar-refractivity contribution in [3.63, 3.8) is 0 Å². The molecule has 0 atom stereocenters. The zero-order valence-electron chi connectivity index (χ0n) is 16.5. The molecule has 5 rings (SSSR count). The minimum atomic E-state index is -4.55. The zero-order chi connectivity index (χ0) is 23.2. The van der Waals surface area contributed by atoms with Crippen molar-refractivity contribution in [2.75, 3.05) is 0 Å². The number of hydrogen-bond donors (Lipinski definition) is 0. The van der Waals surface area contributed by atoms with Crippen LogP contribution in [-0.4, -0.2) is 29.5 Å². The first-order valence-electron chi connectivity index (χ1n) is 9.48. The predicted octanol–water partition coefficient (Wildman–Crippen LogP) is 4.33. The molecule has 0 amide bonds. The Morgan fingerprint density at radius 1 is 1.00 bits per heavy atom. The van der Waals surface area contributed by atoms with Gasteiger partial charge in [-0.1, -0.05) is 35.0 Å². The van der Waals surface area contributed by atoms with E-state index in [-0.39, 0.29) is 12.2 Å². The summed E-state index contributed by atoms with van der Waals surface area (Å²) in [5.74, 6) is 0. The van der Waals surface area contributed by atoms with Crippen LogP contribution in [0.5, 0.6) is 0 Å². The van der Waals surface area contributed by atoms with E-state index in [0.29, 0.717) is 27.3 Å². The fraction of sp³-hybridized carbons (Fsp3) is 0.0952. The number of pyridine rings is 1. The van der Waals surface area contributed by atoms with Crippen LogP contribution in [0.4, 0.5) is 13.2 Å². The predicted molar refractivity (Wildman–Crippen MR) is 112 cm³/mol. The maximum Gasteiger partial charge on any atom is 0.433 e. The molecule has 0 bridgehead atoms. The van der Waals surface area contributed by atoms with Gasteiger partial charge in [0.1, 0.15) is 12.0 Å². The van der Waals surface area contributed by atoms with Gasteiger partial charge in [0.05, 0.1) is 18.9 Å². The summed E-state index contributed by atoms with van der Waals surface area (Å²) in [6.45, 7) is -0.0906. The Bertz CT molecular complexity index is 1490. The Morgan fingerprint density at radius 3 is 2.42 bits per heavy atom. The van der Waals surface area contributed by atoms with Crippen LogP contribution < -0.4 is 5.69 Å². The van der Waals surface area contributed by atoms with Gasteiger partial charge in [-0.3, -0.25) is 4.98 Å². The van der Waals surface area contributed by atoms with Crippen LogP contribution in [0.2, 0.25) is 5.02 Å². The molecule has 4 aromatic heterocycles. The summed E-state index contributed by atoms with van der Waals surface area (Å²) in [5.41, 5.74) is 1.59. The van der Waals surface area contributed by atoms with Crippen molar-refractivity contribution in [1.82, 2.24) is 29.5 Å². The van der Waals surface area contributed by atoms with Crippen molar-refractivity contribution in [3.05, 3.63) is 88.0 Å². The minimum absolute atomic E-state index is 0.0906. The van der Waals surface area contributed by atoms with Gasteiger partial charge in [0.2, 0.25) is 0 Å². The van der Waals surface area contributed by atoms with Crippen molar-refractivity contribution in [1.29, 1.82) is 0 Å². The minimum Gasteiger partial charge on any atom is -0.364 e. The van der Waals surface area contributed by atoms with E-state index in [4.69, 9.17) is 16.1 Å². The number of hydrogen-bond acceptors (Lipinski definition) is 6. The summed E-state index contributed by atoms with van der Waals surface area (Å²) in [6, 6.07) is 9.16. The third-order valence-electron chi connectivity index (χ3n) is 4.94. The van der Waals surface area contributed by atoms with Crippen LogP contribution in [0.25, 0.3) is 27.9 Å². The molecule has 1 aromatic carbocycles. The van der Waals surface area contributed by atoms with Crippen molar-refractivity contribution in [2.45, 2.75) is 12.7 Å². The standard InChI is InChI=1S/C21H12ClF3N6O2/c22-15-4-2-13(3-5-15)16-9-27-31-19(18(16)14-8-28-33-11-14)29-30(20(31)32)10-12-1-6-17(26-7-12)21(23,24)25/h1-9,11H,10H2. The van der Waals surface area contributed by atoms with E-state index < -0.39 is 17.6 Å². The van der Waals surface area contributed by atoms with Crippen LogP contribution in [0.15, 0.2) is 70.6 Å². The highest BCUT2D eigenvalue weighted by Crippen LogP contribution is 2.34. The average molecular weight is 473 g/mol. The Balaban J connectivity index is 1.63. The number of halogens is 4. The van der Waals surface area contributed by atoms with Crippen LogP contribution in [0, 0.1) is 0 Å². The van der Waals surface area contributed by atoms with Gasteiger partial charge in [-0.05, 0) is 29.3 Å². The summed E-state index contributed by atoms with van der Waals surface area (Å²) >= 11 is 6.00. The molecule has 0 radical (unpaired) electrons. The Labute approximate surface area is 187 Å². The molecular formula is C21H12ClF3N6O2. The number of fused-ring (bicyclic) bond motifs is 1. The number of benzene rings is 1. The second-order valence-corrected chi connectivity index (χ2v) is 7.51. The Morgan fingerprint density at radius 2 is 1.79 bits per heavy atom. The van der Waals surface area contributed by atoms with Gasteiger partial charge in [0.15, 0.2) is 5.65 Å². The molecule has 0 aliphatic carbocycles. The molecule has 166 valence electrons. The Kier molecular flexibility index (Phi) is 4.97. The van der Waals surface area contributed by atoms with Crippen molar-refractivity contribution in [2.24, 2.45) is 0 Å². The van der Waals surface area contributed by atoms with Gasteiger partial charge in [0, 0.05) is 27.9 Å². The molecule has 0 aliphatic rings. The van der Waals surface area contributed by atoms with Crippen LogP contribution >= 0.6 is 11.6 Å². The molecule has 4 heterocycles. The highest BCUT2D eigenvalue weighted by molar-refractivity contribution is 6.30. The molecule has 5 aromatic rings. The fourth-order valence-corrected chi connectivity index (χ4v) is 3.51. The van der Waals surface area contributed by atoms with Gasteiger partial charge in [-0.25, -0.2) is 9.48 Å². The van der Waals surface area contributed by atoms with E-state index in [0.717, 1.165) is 27.0 Å². The van der Waals surface area contributed by atoms with E-state index in [1.165, 1.54) is 24.7 Å². The van der Waals surface area contributed by atoms with E-state index in [1.807, 2.05) is 0 Å². The molecule has 0 unspecified atom stereocenters. The van der Waals surface area contributed by atoms with Crippen molar-refractivity contribution >= 4 is 17.2 Å². The summed E-state index contributed by atoms with van der Waals surface area (Å²) < 4.78 is 45.5. The molecule has 33 heavy (non-hydrogen) atoms. The second kappa shape index (κ2) is 7.85. The lowest BCUT2D eigenvalue weighted by Crippen LogP contribution is -2.23. The molecular weight excluding hydrogens is 461 g/mol. The lowest BCUT2D eigenvalue weighted by molar-refractivity contribution is -0.141. The van der Waals surface area contributed by atoms with Crippen LogP contribution in [-0.2, 0) is 12.7 Å².